The minimum atomic E-state index is -1.34. The Bertz CT molecular complexity index is 1230. The zero-order chi connectivity index (χ0) is 26.9. The number of aromatic hydroxyl groups is 2. The van der Waals surface area contributed by atoms with Crippen LogP contribution in [0.1, 0.15) is 22.3 Å². The van der Waals surface area contributed by atoms with Crippen LogP contribution >= 0.6 is 0 Å². The highest BCUT2D eigenvalue weighted by Crippen LogP contribution is 2.28. The number of methoxy groups -OCH3 is 2. The van der Waals surface area contributed by atoms with Crippen LogP contribution in [0.4, 0.5) is 0 Å². The van der Waals surface area contributed by atoms with Gasteiger partial charge in [-0.2, -0.15) is 0 Å². The molecule has 0 bridgehead atoms. The van der Waals surface area contributed by atoms with Crippen molar-refractivity contribution in [3.63, 3.8) is 0 Å². The minimum Gasteiger partial charge on any atom is -0.504 e. The summed E-state index contributed by atoms with van der Waals surface area (Å²) >= 11 is 0. The van der Waals surface area contributed by atoms with Crippen molar-refractivity contribution in [2.24, 2.45) is 5.92 Å². The third-order valence-electron chi connectivity index (χ3n) is 5.85. The van der Waals surface area contributed by atoms with Crippen molar-refractivity contribution >= 4 is 23.7 Å². The molecule has 0 heterocycles. The van der Waals surface area contributed by atoms with Crippen molar-refractivity contribution in [3.8, 4) is 23.0 Å². The summed E-state index contributed by atoms with van der Waals surface area (Å²) in [4.78, 5) is 26.4. The number of aliphatic hydroxyl groups excluding tert-OH is 1. The molecule has 0 aliphatic rings. The van der Waals surface area contributed by atoms with Crippen molar-refractivity contribution in [1.29, 1.82) is 0 Å². The van der Waals surface area contributed by atoms with Gasteiger partial charge < -0.3 is 24.8 Å². The van der Waals surface area contributed by atoms with Crippen LogP contribution in [0.2, 0.25) is 0 Å². The van der Waals surface area contributed by atoms with Crippen LogP contribution < -0.4 is 9.47 Å². The second-order valence-corrected chi connectivity index (χ2v) is 8.57. The topological polar surface area (TPSA) is 113 Å². The predicted molar refractivity (Wildman–Crippen MR) is 142 cm³/mol. The molecule has 0 saturated carbocycles. The number of aryl methyl sites for hydroxylation is 1. The SMILES string of the molecule is COc1cc(C=CC(=O)C(C(=O)C=Cc2ccc(O)c(OC)c2)C(O)Cc2ccc(C)cc2)ccc1O. The fourth-order valence-corrected chi connectivity index (χ4v) is 3.76. The second-order valence-electron chi connectivity index (χ2n) is 8.57. The van der Waals surface area contributed by atoms with Crippen molar-refractivity contribution in [2.75, 3.05) is 14.2 Å². The van der Waals surface area contributed by atoms with Gasteiger partial charge in [0.05, 0.1) is 20.3 Å². The van der Waals surface area contributed by atoms with E-state index in [2.05, 4.69) is 0 Å². The maximum Gasteiger partial charge on any atom is 0.169 e. The lowest BCUT2D eigenvalue weighted by molar-refractivity contribution is -0.131. The van der Waals surface area contributed by atoms with Gasteiger partial charge in [0.2, 0.25) is 0 Å². The average molecular weight is 503 g/mol. The van der Waals surface area contributed by atoms with Gasteiger partial charge in [-0.25, -0.2) is 0 Å². The number of rotatable bonds is 11. The number of phenolic OH excluding ortho intramolecular Hbond substituents is 2. The van der Waals surface area contributed by atoms with Crippen molar-refractivity contribution < 1.29 is 34.4 Å². The van der Waals surface area contributed by atoms with Gasteiger partial charge >= 0.3 is 0 Å². The molecule has 37 heavy (non-hydrogen) atoms. The zero-order valence-corrected chi connectivity index (χ0v) is 20.9. The van der Waals surface area contributed by atoms with Crippen LogP contribution in [0.25, 0.3) is 12.2 Å². The van der Waals surface area contributed by atoms with E-state index >= 15 is 0 Å². The van der Waals surface area contributed by atoms with Crippen LogP contribution in [0, 0.1) is 12.8 Å². The fraction of sp³-hybridized carbons (Fsp3) is 0.200. The maximum absolute atomic E-state index is 13.2. The lowest BCUT2D eigenvalue weighted by Crippen LogP contribution is -2.35. The Morgan fingerprint density at radius 2 is 1.24 bits per heavy atom. The zero-order valence-electron chi connectivity index (χ0n) is 20.9. The summed E-state index contributed by atoms with van der Waals surface area (Å²) in [6.07, 6.45) is 4.33. The largest absolute Gasteiger partial charge is 0.504 e. The normalized spacial score (nSPS) is 13.0. The Balaban J connectivity index is 1.87. The third-order valence-corrected chi connectivity index (χ3v) is 5.85. The van der Waals surface area contributed by atoms with Crippen molar-refractivity contribution in [1.82, 2.24) is 0 Å². The highest BCUT2D eigenvalue weighted by Gasteiger charge is 2.31. The molecule has 7 nitrogen and oxygen atoms in total. The quantitative estimate of drug-likeness (QED) is 0.261. The number of carbonyl (C=O) groups excluding carboxylic acids is 2. The van der Waals surface area contributed by atoms with Gasteiger partial charge in [-0.15, -0.1) is 0 Å². The fourth-order valence-electron chi connectivity index (χ4n) is 3.76. The monoisotopic (exact) mass is 502 g/mol. The Labute approximate surface area is 215 Å². The number of allylic oxidation sites excluding steroid dienone is 2. The van der Waals surface area contributed by atoms with E-state index in [1.54, 1.807) is 24.3 Å². The van der Waals surface area contributed by atoms with Crippen LogP contribution in [-0.4, -0.2) is 47.2 Å². The molecule has 0 saturated heterocycles. The smallest absolute Gasteiger partial charge is 0.169 e. The molecule has 0 radical (unpaired) electrons. The third kappa shape index (κ3) is 7.32. The van der Waals surface area contributed by atoms with Crippen LogP contribution in [-0.2, 0) is 16.0 Å². The highest BCUT2D eigenvalue weighted by molar-refractivity contribution is 6.14. The number of aliphatic hydroxyl groups is 1. The summed E-state index contributed by atoms with van der Waals surface area (Å²) in [6.45, 7) is 1.95. The molecule has 0 aromatic heterocycles. The Morgan fingerprint density at radius 3 is 1.68 bits per heavy atom. The molecule has 0 aliphatic heterocycles. The molecule has 1 atom stereocenters. The van der Waals surface area contributed by atoms with Crippen LogP contribution in [0.15, 0.2) is 72.8 Å². The molecule has 7 heteroatoms. The lowest BCUT2D eigenvalue weighted by atomic mass is 9.87. The van der Waals surface area contributed by atoms with E-state index in [0.29, 0.717) is 11.1 Å². The van der Waals surface area contributed by atoms with E-state index in [0.717, 1.165) is 11.1 Å². The van der Waals surface area contributed by atoms with Gasteiger partial charge in [0, 0.05) is 0 Å². The molecule has 192 valence electrons. The first-order valence-electron chi connectivity index (χ1n) is 11.6. The number of benzene rings is 3. The Hall–Kier alpha value is -4.36. The number of ketones is 2. The van der Waals surface area contributed by atoms with Crippen molar-refractivity contribution in [3.05, 3.63) is 95.1 Å². The molecular formula is C30H30O7. The van der Waals surface area contributed by atoms with E-state index in [1.165, 1.54) is 50.7 Å². The first-order chi connectivity index (χ1) is 17.7. The molecule has 3 aromatic rings. The Morgan fingerprint density at radius 1 is 0.784 bits per heavy atom. The standard InChI is InChI=1S/C30H30O7/c1-19-4-6-20(7-5-19)16-27(35)30(25(33)14-10-21-8-12-23(31)28(17-21)36-2)26(34)15-11-22-9-13-24(32)29(18-22)37-3/h4-15,17-18,27,30-32,35H,16H2,1-3H3. The van der Waals surface area contributed by atoms with E-state index in [1.807, 2.05) is 31.2 Å². The van der Waals surface area contributed by atoms with Gasteiger partial charge in [0.25, 0.3) is 0 Å². The van der Waals surface area contributed by atoms with Crippen LogP contribution in [0.3, 0.4) is 0 Å². The van der Waals surface area contributed by atoms with Gasteiger partial charge in [0.15, 0.2) is 34.6 Å². The summed E-state index contributed by atoms with van der Waals surface area (Å²) in [5.74, 6) is -2.06. The molecule has 3 N–H and O–H groups in total. The predicted octanol–water partition coefficient (Wildman–Crippen LogP) is 4.51. The first-order valence-corrected chi connectivity index (χ1v) is 11.6. The maximum atomic E-state index is 13.2. The summed E-state index contributed by atoms with van der Waals surface area (Å²) in [5.41, 5.74) is 3.01. The van der Waals surface area contributed by atoms with Crippen molar-refractivity contribution in [2.45, 2.75) is 19.4 Å². The van der Waals surface area contributed by atoms with Gasteiger partial charge in [-0.1, -0.05) is 54.1 Å². The van der Waals surface area contributed by atoms with Gasteiger partial charge in [-0.05, 0) is 66.5 Å². The Kier molecular flexibility index (Phi) is 9.24. The summed E-state index contributed by atoms with van der Waals surface area (Å²) in [7, 11) is 2.83. The van der Waals surface area contributed by atoms with E-state index in [4.69, 9.17) is 9.47 Å². The molecule has 3 rings (SSSR count). The minimum absolute atomic E-state index is 0.0384. The van der Waals surface area contributed by atoms with Gasteiger partial charge in [0.1, 0.15) is 5.92 Å². The number of phenols is 2. The molecule has 3 aromatic carbocycles. The second kappa shape index (κ2) is 12.6. The molecule has 1 unspecified atom stereocenters. The van der Waals surface area contributed by atoms with Crippen LogP contribution in [0.5, 0.6) is 23.0 Å². The summed E-state index contributed by atoms with van der Waals surface area (Å²) in [5, 5.41) is 30.6. The van der Waals surface area contributed by atoms with Gasteiger partial charge in [-0.3, -0.25) is 9.59 Å². The molecular weight excluding hydrogens is 472 g/mol. The van der Waals surface area contributed by atoms with E-state index in [-0.39, 0.29) is 29.4 Å². The van der Waals surface area contributed by atoms with E-state index in [9.17, 15) is 24.9 Å². The molecule has 0 spiro atoms. The molecule has 0 amide bonds. The number of hydrogen-bond acceptors (Lipinski definition) is 7. The van der Waals surface area contributed by atoms with E-state index < -0.39 is 23.6 Å². The summed E-state index contributed by atoms with van der Waals surface area (Å²) < 4.78 is 10.2. The number of hydrogen-bond donors (Lipinski definition) is 3. The first kappa shape index (κ1) is 27.2. The number of carbonyl (C=O) groups is 2. The average Bonchev–Trinajstić information content (AvgIpc) is 2.89. The lowest BCUT2D eigenvalue weighted by Gasteiger charge is -2.19. The molecule has 0 aliphatic carbocycles. The molecule has 0 fully saturated rings. The number of ether oxygens (including phenoxy) is 2. The highest BCUT2D eigenvalue weighted by atomic mass is 16.5. The summed E-state index contributed by atoms with van der Waals surface area (Å²) in [6, 6.07) is 16.7.